The number of aromatic nitrogens is 2. The quantitative estimate of drug-likeness (QED) is 0.139. The number of allylic oxidation sites excluding steroid dienone is 2. The number of nitrogens with zero attached hydrogens (tertiary/aromatic N) is 6. The molecule has 1 radical (unpaired) electrons. The zero-order valence-corrected chi connectivity index (χ0v) is 44.6. The summed E-state index contributed by atoms with van der Waals surface area (Å²) in [5, 5.41) is 9.81. The van der Waals surface area contributed by atoms with Gasteiger partial charge in [0.25, 0.3) is 0 Å². The van der Waals surface area contributed by atoms with Crippen LogP contribution in [-0.2, 0) is 16.8 Å². The average Bonchev–Trinajstić information content (AvgIpc) is 3.98. The fourth-order valence-electron chi connectivity index (χ4n) is 9.12. The second kappa shape index (κ2) is 21.6. The Balaban J connectivity index is 0.000000229. The molecule has 2 aliphatic rings. The van der Waals surface area contributed by atoms with Gasteiger partial charge in [-0.1, -0.05) is 101 Å². The summed E-state index contributed by atoms with van der Waals surface area (Å²) in [7, 11) is 0. The predicted octanol–water partition coefficient (Wildman–Crippen LogP) is 15.2. The van der Waals surface area contributed by atoms with E-state index in [2.05, 4.69) is 97.1 Å². The van der Waals surface area contributed by atoms with E-state index in [1.54, 1.807) is 0 Å². The summed E-state index contributed by atoms with van der Waals surface area (Å²) in [4.78, 5) is 22.4. The summed E-state index contributed by atoms with van der Waals surface area (Å²) >= 11 is 0. The van der Waals surface area contributed by atoms with Gasteiger partial charge in [0.1, 0.15) is 34.6 Å². The molecule has 0 spiro atoms. The van der Waals surface area contributed by atoms with E-state index in [4.69, 9.17) is 35.5 Å². The van der Waals surface area contributed by atoms with Crippen LogP contribution in [0.15, 0.2) is 98.8 Å². The van der Waals surface area contributed by atoms with Crippen LogP contribution in [0.25, 0.3) is 17.0 Å². The molecule has 71 heavy (non-hydrogen) atoms. The Morgan fingerprint density at radius 3 is 1.42 bits per heavy atom. The van der Waals surface area contributed by atoms with Crippen LogP contribution >= 0.6 is 0 Å². The molecule has 8 rings (SSSR count). The Kier molecular flexibility index (Phi) is 16.1. The number of benzene rings is 4. The van der Waals surface area contributed by atoms with Crippen LogP contribution in [0.2, 0.25) is 0 Å². The van der Waals surface area contributed by atoms with Crippen LogP contribution in [0.4, 0.5) is 5.69 Å². The Morgan fingerprint density at radius 1 is 0.521 bits per heavy atom. The summed E-state index contributed by atoms with van der Waals surface area (Å²) in [5.74, 6) is 4.86. The molecule has 0 saturated carbocycles. The molecule has 0 fully saturated rings. The monoisotopic (exact) mass is 987 g/mol. The Morgan fingerprint density at radius 2 is 0.958 bits per heavy atom. The molecule has 363 valence electrons. The van der Waals surface area contributed by atoms with Gasteiger partial charge in [-0.2, -0.15) is 5.26 Å². The first kappa shape index (κ1) is 52.8. The second-order valence-corrected chi connectivity index (χ2v) is 18.7. The van der Waals surface area contributed by atoms with Gasteiger partial charge >= 0.3 is 16.8 Å². The van der Waals surface area contributed by atoms with Crippen molar-refractivity contribution in [2.45, 2.75) is 111 Å². The molecule has 4 heterocycles. The summed E-state index contributed by atoms with van der Waals surface area (Å²) in [6, 6.07) is 20.9. The van der Waals surface area contributed by atoms with Crippen molar-refractivity contribution >= 4 is 29.6 Å². The smallest absolute Gasteiger partial charge is 0.638 e. The van der Waals surface area contributed by atoms with E-state index in [1.165, 1.54) is 22.3 Å². The molecular formula is C60H60CoN6O4. The van der Waals surface area contributed by atoms with Gasteiger partial charge in [0.2, 0.25) is 17.5 Å². The molecule has 0 unspecified atom stereocenters. The number of aryl methyl sites for hydroxylation is 13. The average molecular weight is 988 g/mol. The van der Waals surface area contributed by atoms with Gasteiger partial charge in [0.05, 0.1) is 18.0 Å². The van der Waals surface area contributed by atoms with E-state index in [0.29, 0.717) is 46.2 Å². The molecule has 2 aliphatic heterocycles. The Labute approximate surface area is 429 Å². The third-order valence-electron chi connectivity index (χ3n) is 12.3. The molecule has 10 nitrogen and oxygen atoms in total. The first-order chi connectivity index (χ1) is 33.1. The van der Waals surface area contributed by atoms with Gasteiger partial charge in [-0.3, -0.25) is 0 Å². The molecule has 0 aliphatic carbocycles. The van der Waals surface area contributed by atoms with E-state index in [0.717, 1.165) is 101 Å². The maximum Gasteiger partial charge on any atom is 2.00 e. The molecular weight excluding hydrogens is 928 g/mol. The SMILES string of the molecule is CC1=C(C#N)C(Oc2c(C)cc(C)cc2C)=N/C1=C\c1[n-]c(Oc2c(C)cc(C)cc2C)cc1C.[C-]#[N+]c1c(Oc2c(C)cc(C)cc2C)[n-]c(/C=C2\N=C(Oc3c(C)cc(C)cc3C)C=C2C)c1C.[Co+2]. The minimum absolute atomic E-state index is 0. The number of ether oxygens (including phenoxy) is 4. The van der Waals surface area contributed by atoms with Crippen molar-refractivity contribution < 1.29 is 35.7 Å². The number of rotatable bonds is 8. The Hall–Kier alpha value is -7.57. The van der Waals surface area contributed by atoms with Crippen LogP contribution in [0.1, 0.15) is 103 Å². The van der Waals surface area contributed by atoms with Crippen molar-refractivity contribution in [1.82, 2.24) is 9.97 Å². The fourth-order valence-corrected chi connectivity index (χ4v) is 9.12. The number of nitriles is 1. The van der Waals surface area contributed by atoms with Crippen LogP contribution in [0.5, 0.6) is 34.8 Å². The minimum Gasteiger partial charge on any atom is -0.638 e. The van der Waals surface area contributed by atoms with Gasteiger partial charge in [0, 0.05) is 17.8 Å². The predicted molar refractivity (Wildman–Crippen MR) is 282 cm³/mol. The fraction of sp³-hybridized carbons (Fsp3) is 0.267. The maximum absolute atomic E-state index is 9.81. The molecule has 2 aromatic heterocycles. The van der Waals surface area contributed by atoms with E-state index in [9.17, 15) is 5.26 Å². The van der Waals surface area contributed by atoms with Crippen molar-refractivity contribution in [3.8, 4) is 40.8 Å². The standard InChI is InChI=1S/2C30H30N3O2.Co/c1-16-10-19(4)28(20(5)11-16)34-26-14-18(3)24(32-26)15-25-23(8)27(31-9)30(33-25)35-29-21(6)12-17(2)13-22(29)7;1-16-9-19(4)28(20(5)10-16)34-27-13-18(3)25(32-27)14-26-23(8)24(15-31)30(33-26)35-29-21(6)11-17(2)12-22(29)7;/h10-15H,1-8H3;9-14H,1-8H3;/q2*-1;+2/b24-15-;26-14-;. The van der Waals surface area contributed by atoms with Crippen molar-refractivity contribution in [3.05, 3.63) is 189 Å². The summed E-state index contributed by atoms with van der Waals surface area (Å²) in [6.45, 7) is 39.9. The van der Waals surface area contributed by atoms with Crippen LogP contribution in [0, 0.1) is 115 Å². The van der Waals surface area contributed by atoms with Crippen molar-refractivity contribution in [3.63, 3.8) is 0 Å². The molecule has 6 aromatic rings. The third kappa shape index (κ3) is 11.6. The molecule has 0 N–H and O–H groups in total. The van der Waals surface area contributed by atoms with Gasteiger partial charge in [-0.05, 0) is 166 Å². The molecule has 0 amide bonds. The minimum atomic E-state index is 0. The first-order valence-corrected chi connectivity index (χ1v) is 23.3. The molecule has 0 saturated heterocycles. The molecule has 11 heteroatoms. The van der Waals surface area contributed by atoms with Crippen molar-refractivity contribution in [1.29, 1.82) is 5.26 Å². The molecule has 0 bridgehead atoms. The first-order valence-electron chi connectivity index (χ1n) is 23.3. The largest absolute Gasteiger partial charge is 2.00 e. The number of hydrogen-bond donors (Lipinski definition) is 0. The number of aliphatic imine (C=N–C) groups is 2. The summed E-state index contributed by atoms with van der Waals surface area (Å²) < 4.78 is 24.7. The van der Waals surface area contributed by atoms with Crippen LogP contribution in [0.3, 0.4) is 0 Å². The van der Waals surface area contributed by atoms with Gasteiger partial charge in [-0.15, -0.1) is 11.4 Å². The van der Waals surface area contributed by atoms with Crippen molar-refractivity contribution in [2.75, 3.05) is 0 Å². The van der Waals surface area contributed by atoms with E-state index < -0.39 is 0 Å². The topological polar surface area (TPSA) is 118 Å². The third-order valence-corrected chi connectivity index (χ3v) is 12.3. The van der Waals surface area contributed by atoms with Gasteiger partial charge < -0.3 is 28.9 Å². The normalized spacial score (nSPS) is 14.0. The zero-order chi connectivity index (χ0) is 50.9. The number of hydrogen-bond acceptors (Lipinski definition) is 7. The molecule has 4 aromatic carbocycles. The summed E-state index contributed by atoms with van der Waals surface area (Å²) in [6.07, 6.45) is 5.70. The zero-order valence-electron chi connectivity index (χ0n) is 43.6. The van der Waals surface area contributed by atoms with Gasteiger partial charge in [0.15, 0.2) is 0 Å². The maximum atomic E-state index is 9.81. The van der Waals surface area contributed by atoms with E-state index in [-0.39, 0.29) is 16.8 Å². The van der Waals surface area contributed by atoms with E-state index in [1.807, 2.05) is 107 Å². The second-order valence-electron chi connectivity index (χ2n) is 18.7. The van der Waals surface area contributed by atoms with Crippen molar-refractivity contribution in [2.24, 2.45) is 9.98 Å². The summed E-state index contributed by atoms with van der Waals surface area (Å²) in [5.41, 5.74) is 20.3. The van der Waals surface area contributed by atoms with Gasteiger partial charge in [-0.25, -0.2) is 14.8 Å². The molecule has 0 atom stereocenters. The van der Waals surface area contributed by atoms with Crippen LogP contribution < -0.4 is 28.9 Å². The van der Waals surface area contributed by atoms with E-state index >= 15 is 0 Å². The van der Waals surface area contributed by atoms with Crippen LogP contribution in [-0.4, -0.2) is 11.8 Å². The Bertz CT molecular complexity index is 3320.